The summed E-state index contributed by atoms with van der Waals surface area (Å²) in [6.07, 6.45) is 35.3. The van der Waals surface area contributed by atoms with Gasteiger partial charge in [-0.1, -0.05) is 138 Å². The highest BCUT2D eigenvalue weighted by molar-refractivity contribution is 7.80. The van der Waals surface area contributed by atoms with Crippen LogP contribution >= 0.6 is 0 Å². The molecule has 0 radical (unpaired) electrons. The zero-order valence-corrected chi connectivity index (χ0v) is 35.4. The van der Waals surface area contributed by atoms with Gasteiger partial charge in [0.1, 0.15) is 30.5 Å². The number of ether oxygens (including phenoxy) is 4. The van der Waals surface area contributed by atoms with Crippen molar-refractivity contribution in [2.45, 2.75) is 173 Å². The third kappa shape index (κ3) is 29.4. The van der Waals surface area contributed by atoms with Gasteiger partial charge in [0.05, 0.1) is 19.8 Å². The molecule has 0 aromatic heterocycles. The van der Waals surface area contributed by atoms with Crippen LogP contribution in [-0.2, 0) is 38.3 Å². The first-order valence-electron chi connectivity index (χ1n) is 21.2. The minimum Gasteiger partial charge on any atom is -0.457 e. The molecule has 0 aromatic rings. The zero-order chi connectivity index (χ0) is 41.8. The molecule has 1 aliphatic rings. The van der Waals surface area contributed by atoms with Crippen molar-refractivity contribution in [3.8, 4) is 0 Å². The van der Waals surface area contributed by atoms with Crippen molar-refractivity contribution in [3.63, 3.8) is 0 Å². The van der Waals surface area contributed by atoms with Crippen LogP contribution in [0.3, 0.4) is 0 Å². The third-order valence-corrected chi connectivity index (χ3v) is 9.56. The van der Waals surface area contributed by atoms with Crippen LogP contribution in [0.1, 0.15) is 136 Å². The van der Waals surface area contributed by atoms with Crippen LogP contribution in [-0.4, -0.2) is 97.5 Å². The first-order valence-corrected chi connectivity index (χ1v) is 22.6. The summed E-state index contributed by atoms with van der Waals surface area (Å²) < 4.78 is 58.8. The van der Waals surface area contributed by atoms with Gasteiger partial charge in [0.2, 0.25) is 0 Å². The molecular weight excluding hydrogens is 753 g/mol. The van der Waals surface area contributed by atoms with E-state index in [1.165, 1.54) is 25.7 Å². The molecule has 1 saturated heterocycles. The van der Waals surface area contributed by atoms with Crippen molar-refractivity contribution in [1.82, 2.24) is 0 Å². The van der Waals surface area contributed by atoms with Gasteiger partial charge in [-0.2, -0.15) is 8.42 Å². The highest BCUT2D eigenvalue weighted by atomic mass is 32.3. The fourth-order valence-corrected chi connectivity index (χ4v) is 6.42. The maximum absolute atomic E-state index is 12.7. The molecule has 1 heterocycles. The van der Waals surface area contributed by atoms with Gasteiger partial charge >= 0.3 is 16.4 Å². The number of hydrogen-bond acceptors (Lipinski definition) is 11. The molecule has 328 valence electrons. The van der Waals surface area contributed by atoms with Crippen molar-refractivity contribution in [2.75, 3.05) is 26.4 Å². The topological polar surface area (TPSA) is 178 Å². The Labute approximate surface area is 343 Å². The van der Waals surface area contributed by atoms with E-state index in [9.17, 15) is 28.5 Å². The minimum atomic E-state index is -5.06. The summed E-state index contributed by atoms with van der Waals surface area (Å²) in [5.74, 6) is -0.420. The molecule has 0 bridgehead atoms. The molecule has 13 heteroatoms. The number of unbranched alkanes of at least 4 members (excludes halogenated alkanes) is 10. The third-order valence-electron chi connectivity index (χ3n) is 9.09. The molecule has 0 aliphatic carbocycles. The molecule has 1 rings (SSSR count). The highest BCUT2D eigenvalue weighted by Crippen LogP contribution is 2.26. The number of esters is 1. The maximum atomic E-state index is 12.7. The SMILES string of the molecule is CC/C=C\C/C=C\C/C=C\C/C=C\C/C=C\C/C=C\CCCCCOCC(COC1OC(CO)C(O)C(OS(=O)(=O)O)C1O)OC(=O)CCCCCCCCCC. The lowest BCUT2D eigenvalue weighted by Crippen LogP contribution is -2.60. The van der Waals surface area contributed by atoms with Crippen LogP contribution in [0.15, 0.2) is 72.9 Å². The molecule has 0 saturated carbocycles. The number of carbonyl (C=O) groups is 1. The van der Waals surface area contributed by atoms with E-state index >= 15 is 0 Å². The van der Waals surface area contributed by atoms with Crippen LogP contribution in [0, 0.1) is 0 Å². The van der Waals surface area contributed by atoms with Crippen molar-refractivity contribution in [2.24, 2.45) is 0 Å². The molecule has 1 aliphatic heterocycles. The van der Waals surface area contributed by atoms with E-state index in [0.717, 1.165) is 83.5 Å². The standard InChI is InChI=1S/C44H74O12S/c1-3-5-7-9-11-13-14-15-16-17-18-19-20-21-22-23-24-25-26-28-30-32-34-52-36-38(54-40(46)33-31-29-27-12-10-8-6-4-2)37-53-44-42(48)43(56-57(49,50)51)41(47)39(35-45)55-44/h5,7,11,13,15-16,18-19,21-22,24-25,38-39,41-45,47-48H,3-4,6,8-10,12,14,17,20,23,26-37H2,1-2H3,(H,49,50,51)/b7-5-,13-11-,16-15-,19-18-,22-21-,25-24-. The monoisotopic (exact) mass is 826 g/mol. The van der Waals surface area contributed by atoms with Crippen molar-refractivity contribution >= 4 is 16.4 Å². The number of hydrogen-bond donors (Lipinski definition) is 4. The second-order valence-corrected chi connectivity index (χ2v) is 15.3. The van der Waals surface area contributed by atoms with E-state index in [4.69, 9.17) is 23.5 Å². The van der Waals surface area contributed by atoms with Gasteiger partial charge in [0, 0.05) is 13.0 Å². The molecule has 1 fully saturated rings. The van der Waals surface area contributed by atoms with Gasteiger partial charge in [-0.25, -0.2) is 4.18 Å². The summed E-state index contributed by atoms with van der Waals surface area (Å²) in [4.78, 5) is 12.7. The van der Waals surface area contributed by atoms with Gasteiger partial charge in [-0.05, 0) is 64.2 Å². The average Bonchev–Trinajstić information content (AvgIpc) is 3.18. The molecule has 6 unspecified atom stereocenters. The molecule has 4 N–H and O–H groups in total. The summed E-state index contributed by atoms with van der Waals surface area (Å²) in [6, 6.07) is 0. The normalized spacial score (nSPS) is 21.4. The first kappa shape index (κ1) is 52.6. The molecule has 0 aromatic carbocycles. The number of rotatable bonds is 35. The predicted octanol–water partition coefficient (Wildman–Crippen LogP) is 8.35. The van der Waals surface area contributed by atoms with E-state index in [1.807, 2.05) is 0 Å². The Hall–Kier alpha value is -2.46. The van der Waals surface area contributed by atoms with Gasteiger partial charge in [0.15, 0.2) is 6.29 Å². The Morgan fingerprint density at radius 2 is 1.21 bits per heavy atom. The molecule has 12 nitrogen and oxygen atoms in total. The summed E-state index contributed by atoms with van der Waals surface area (Å²) in [7, 11) is -5.06. The number of carbonyl (C=O) groups excluding carboxylic acids is 1. The maximum Gasteiger partial charge on any atom is 0.397 e. The highest BCUT2D eigenvalue weighted by Gasteiger charge is 2.48. The Kier molecular flexibility index (Phi) is 32.7. The van der Waals surface area contributed by atoms with Crippen LogP contribution in [0.2, 0.25) is 0 Å². The van der Waals surface area contributed by atoms with Gasteiger partial charge in [-0.3, -0.25) is 9.35 Å². The summed E-state index contributed by atoms with van der Waals surface area (Å²) >= 11 is 0. The lowest BCUT2D eigenvalue weighted by molar-refractivity contribution is -0.301. The van der Waals surface area contributed by atoms with Crippen LogP contribution in [0.4, 0.5) is 0 Å². The summed E-state index contributed by atoms with van der Waals surface area (Å²) in [5.41, 5.74) is 0. The fraction of sp³-hybridized carbons (Fsp3) is 0.705. The first-order chi connectivity index (χ1) is 27.6. The molecule has 6 atom stereocenters. The molecule has 0 spiro atoms. The van der Waals surface area contributed by atoms with E-state index in [-0.39, 0.29) is 19.6 Å². The lowest BCUT2D eigenvalue weighted by Gasteiger charge is -2.41. The van der Waals surface area contributed by atoms with E-state index in [2.05, 4.69) is 90.9 Å². The molecule has 57 heavy (non-hydrogen) atoms. The van der Waals surface area contributed by atoms with Crippen molar-refractivity contribution < 1.29 is 56.2 Å². The lowest BCUT2D eigenvalue weighted by atomic mass is 9.99. The largest absolute Gasteiger partial charge is 0.457 e. The average molecular weight is 827 g/mol. The van der Waals surface area contributed by atoms with Gasteiger partial charge < -0.3 is 34.3 Å². The summed E-state index contributed by atoms with van der Waals surface area (Å²) in [5, 5.41) is 30.5. The second kappa shape index (κ2) is 35.5. The second-order valence-electron chi connectivity index (χ2n) is 14.2. The van der Waals surface area contributed by atoms with Crippen LogP contribution in [0.5, 0.6) is 0 Å². The Balaban J connectivity index is 2.42. The number of aliphatic hydroxyl groups is 3. The van der Waals surface area contributed by atoms with Crippen LogP contribution < -0.4 is 0 Å². The van der Waals surface area contributed by atoms with E-state index < -0.39 is 59.8 Å². The molecule has 0 amide bonds. The smallest absolute Gasteiger partial charge is 0.397 e. The van der Waals surface area contributed by atoms with E-state index in [1.54, 1.807) is 0 Å². The van der Waals surface area contributed by atoms with E-state index in [0.29, 0.717) is 13.0 Å². The minimum absolute atomic E-state index is 0.0101. The number of aliphatic hydroxyl groups excluding tert-OH is 3. The van der Waals surface area contributed by atoms with Crippen LogP contribution in [0.25, 0.3) is 0 Å². The van der Waals surface area contributed by atoms with Gasteiger partial charge in [-0.15, -0.1) is 0 Å². The van der Waals surface area contributed by atoms with Crippen molar-refractivity contribution in [3.05, 3.63) is 72.9 Å². The van der Waals surface area contributed by atoms with Gasteiger partial charge in [0.25, 0.3) is 0 Å². The fourth-order valence-electron chi connectivity index (χ4n) is 5.91. The predicted molar refractivity (Wildman–Crippen MR) is 225 cm³/mol. The molecular formula is C44H74O12S. The zero-order valence-electron chi connectivity index (χ0n) is 34.6. The Bertz CT molecular complexity index is 1280. The Morgan fingerprint density at radius 3 is 1.75 bits per heavy atom. The Morgan fingerprint density at radius 1 is 0.684 bits per heavy atom. The number of allylic oxidation sites excluding steroid dienone is 12. The summed E-state index contributed by atoms with van der Waals surface area (Å²) in [6.45, 7) is 3.72. The quantitative estimate of drug-likeness (QED) is 0.0208. The van der Waals surface area contributed by atoms with Crippen molar-refractivity contribution in [1.29, 1.82) is 0 Å².